The predicted octanol–water partition coefficient (Wildman–Crippen LogP) is 1.69. The Morgan fingerprint density at radius 3 is 2.71 bits per heavy atom. The molecule has 1 amide bonds. The molecule has 2 N–H and O–H groups in total. The molecule has 0 aliphatic heterocycles. The summed E-state index contributed by atoms with van der Waals surface area (Å²) in [5, 5.41) is 0. The van der Waals surface area contributed by atoms with E-state index in [0.29, 0.717) is 0 Å². The van der Waals surface area contributed by atoms with E-state index in [2.05, 4.69) is 4.98 Å². The van der Waals surface area contributed by atoms with Gasteiger partial charge in [0.2, 0.25) is 0 Å². The summed E-state index contributed by atoms with van der Waals surface area (Å²) >= 11 is 0. The summed E-state index contributed by atoms with van der Waals surface area (Å²) in [6.45, 7) is -0.399. The number of hydrogen-bond acceptors (Lipinski definition) is 3. The maximum absolute atomic E-state index is 12.0. The van der Waals surface area contributed by atoms with E-state index in [4.69, 9.17) is 5.73 Å². The molecule has 94 valence electrons. The Labute approximate surface area is 96.2 Å². The van der Waals surface area contributed by atoms with E-state index in [1.165, 1.54) is 25.5 Å². The third-order valence-electron chi connectivity index (χ3n) is 2.16. The number of carbonyl (C=O) groups is 1. The minimum atomic E-state index is -4.28. The lowest BCUT2D eigenvalue weighted by atomic mass is 10.2. The van der Waals surface area contributed by atoms with Crippen molar-refractivity contribution >= 4 is 11.6 Å². The van der Waals surface area contributed by atoms with E-state index in [9.17, 15) is 18.0 Å². The van der Waals surface area contributed by atoms with Crippen molar-refractivity contribution in [2.75, 3.05) is 19.3 Å². The first-order valence-corrected chi connectivity index (χ1v) is 4.83. The average Bonchev–Trinajstić information content (AvgIpc) is 2.24. The van der Waals surface area contributed by atoms with Crippen LogP contribution in [0.4, 0.5) is 18.9 Å². The van der Waals surface area contributed by atoms with E-state index >= 15 is 0 Å². The highest BCUT2D eigenvalue weighted by atomic mass is 19.4. The molecule has 0 saturated heterocycles. The third kappa shape index (κ3) is 3.93. The summed E-state index contributed by atoms with van der Waals surface area (Å²) in [5.41, 5.74) is 5.82. The van der Waals surface area contributed by atoms with Gasteiger partial charge in [0, 0.05) is 19.8 Å². The molecule has 1 aromatic rings. The molecule has 1 aromatic heterocycles. The SMILES string of the molecule is CN(CCC(F)(F)F)C(=O)c1ccncc1N. The molecule has 0 aromatic carbocycles. The van der Waals surface area contributed by atoms with Crippen LogP contribution in [0.15, 0.2) is 18.5 Å². The van der Waals surface area contributed by atoms with Crippen LogP contribution >= 0.6 is 0 Å². The minimum absolute atomic E-state index is 0.149. The Balaban J connectivity index is 2.68. The molecule has 0 saturated carbocycles. The van der Waals surface area contributed by atoms with E-state index < -0.39 is 25.0 Å². The predicted molar refractivity (Wildman–Crippen MR) is 56.3 cm³/mol. The summed E-state index contributed by atoms with van der Waals surface area (Å²) in [7, 11) is 1.30. The van der Waals surface area contributed by atoms with Crippen LogP contribution in [-0.4, -0.2) is 35.6 Å². The van der Waals surface area contributed by atoms with Crippen molar-refractivity contribution in [1.29, 1.82) is 0 Å². The van der Waals surface area contributed by atoms with Crippen LogP contribution in [-0.2, 0) is 0 Å². The zero-order valence-electron chi connectivity index (χ0n) is 9.16. The van der Waals surface area contributed by atoms with Gasteiger partial charge in [-0.05, 0) is 6.07 Å². The molecular formula is C10H12F3N3O. The Hall–Kier alpha value is -1.79. The quantitative estimate of drug-likeness (QED) is 0.884. The second-order valence-electron chi connectivity index (χ2n) is 3.55. The fourth-order valence-electron chi connectivity index (χ4n) is 1.20. The second-order valence-corrected chi connectivity index (χ2v) is 3.55. The second kappa shape index (κ2) is 5.03. The van der Waals surface area contributed by atoms with Crippen molar-refractivity contribution < 1.29 is 18.0 Å². The van der Waals surface area contributed by atoms with Gasteiger partial charge in [0.25, 0.3) is 5.91 Å². The number of anilines is 1. The van der Waals surface area contributed by atoms with Crippen LogP contribution in [0.25, 0.3) is 0 Å². The molecule has 0 spiro atoms. The lowest BCUT2D eigenvalue weighted by molar-refractivity contribution is -0.136. The summed E-state index contributed by atoms with van der Waals surface area (Å²) in [5.74, 6) is -0.547. The molecule has 0 atom stereocenters. The van der Waals surface area contributed by atoms with E-state index in [0.717, 1.165) is 4.90 Å². The number of amides is 1. The number of pyridine rings is 1. The fraction of sp³-hybridized carbons (Fsp3) is 0.400. The van der Waals surface area contributed by atoms with Crippen LogP contribution in [0.1, 0.15) is 16.8 Å². The van der Waals surface area contributed by atoms with Crippen molar-refractivity contribution in [3.05, 3.63) is 24.0 Å². The van der Waals surface area contributed by atoms with Gasteiger partial charge in [0.15, 0.2) is 0 Å². The molecule has 0 aliphatic carbocycles. The number of nitrogens with zero attached hydrogens (tertiary/aromatic N) is 2. The topological polar surface area (TPSA) is 59.2 Å². The smallest absolute Gasteiger partial charge is 0.390 e. The number of alkyl halides is 3. The molecule has 0 fully saturated rings. The standard InChI is InChI=1S/C10H12F3N3O/c1-16(5-3-10(11,12)13)9(17)7-2-4-15-6-8(7)14/h2,4,6H,3,5,14H2,1H3. The Morgan fingerprint density at radius 2 is 2.18 bits per heavy atom. The lowest BCUT2D eigenvalue weighted by Gasteiger charge is -2.18. The van der Waals surface area contributed by atoms with Gasteiger partial charge in [-0.2, -0.15) is 13.2 Å². The first-order valence-electron chi connectivity index (χ1n) is 4.83. The highest BCUT2D eigenvalue weighted by Gasteiger charge is 2.28. The summed E-state index contributed by atoms with van der Waals surface area (Å²) < 4.78 is 36.0. The molecule has 1 rings (SSSR count). The van der Waals surface area contributed by atoms with Crippen molar-refractivity contribution in [2.45, 2.75) is 12.6 Å². The molecule has 0 radical (unpaired) electrons. The number of carbonyl (C=O) groups excluding carboxylic acids is 1. The molecular weight excluding hydrogens is 235 g/mol. The Morgan fingerprint density at radius 1 is 1.53 bits per heavy atom. The number of nitrogens with two attached hydrogens (primary N) is 1. The van der Waals surface area contributed by atoms with Crippen LogP contribution in [0.3, 0.4) is 0 Å². The van der Waals surface area contributed by atoms with Gasteiger partial charge in [0.1, 0.15) is 0 Å². The van der Waals surface area contributed by atoms with Crippen molar-refractivity contribution in [2.24, 2.45) is 0 Å². The zero-order valence-corrected chi connectivity index (χ0v) is 9.16. The monoisotopic (exact) mass is 247 g/mol. The van der Waals surface area contributed by atoms with Gasteiger partial charge in [-0.25, -0.2) is 0 Å². The van der Waals surface area contributed by atoms with Crippen LogP contribution in [0.2, 0.25) is 0 Å². The maximum atomic E-state index is 12.0. The van der Waals surface area contributed by atoms with E-state index in [1.807, 2.05) is 0 Å². The Kier molecular flexibility index (Phi) is 3.93. The number of nitrogen functional groups attached to an aromatic ring is 1. The van der Waals surface area contributed by atoms with Crippen LogP contribution in [0.5, 0.6) is 0 Å². The molecule has 1 heterocycles. The lowest BCUT2D eigenvalue weighted by Crippen LogP contribution is -2.31. The molecule has 0 aliphatic rings. The normalized spacial score (nSPS) is 11.3. The average molecular weight is 247 g/mol. The summed E-state index contributed by atoms with van der Waals surface area (Å²) in [4.78, 5) is 16.4. The molecule has 0 unspecified atom stereocenters. The number of halogens is 3. The van der Waals surface area contributed by atoms with Gasteiger partial charge in [-0.15, -0.1) is 0 Å². The first kappa shape index (κ1) is 13.3. The van der Waals surface area contributed by atoms with Crippen molar-refractivity contribution in [3.8, 4) is 0 Å². The maximum Gasteiger partial charge on any atom is 0.390 e. The largest absolute Gasteiger partial charge is 0.397 e. The third-order valence-corrected chi connectivity index (χ3v) is 2.16. The highest BCUT2D eigenvalue weighted by molar-refractivity contribution is 5.98. The van der Waals surface area contributed by atoms with Crippen LogP contribution in [0, 0.1) is 0 Å². The molecule has 7 heteroatoms. The van der Waals surface area contributed by atoms with Gasteiger partial charge in [0.05, 0.1) is 23.9 Å². The van der Waals surface area contributed by atoms with Crippen LogP contribution < -0.4 is 5.73 Å². The summed E-state index contributed by atoms with van der Waals surface area (Å²) in [6.07, 6.45) is -2.68. The first-order chi connectivity index (χ1) is 7.81. The zero-order chi connectivity index (χ0) is 13.1. The number of hydrogen-bond donors (Lipinski definition) is 1. The highest BCUT2D eigenvalue weighted by Crippen LogP contribution is 2.20. The summed E-state index contributed by atoms with van der Waals surface area (Å²) in [6, 6.07) is 1.38. The van der Waals surface area contributed by atoms with Gasteiger partial charge < -0.3 is 10.6 Å². The van der Waals surface area contributed by atoms with Crippen molar-refractivity contribution in [3.63, 3.8) is 0 Å². The number of aromatic nitrogens is 1. The van der Waals surface area contributed by atoms with Crippen molar-refractivity contribution in [1.82, 2.24) is 9.88 Å². The van der Waals surface area contributed by atoms with Gasteiger partial charge in [-0.3, -0.25) is 9.78 Å². The van der Waals surface area contributed by atoms with Gasteiger partial charge >= 0.3 is 6.18 Å². The minimum Gasteiger partial charge on any atom is -0.397 e. The van der Waals surface area contributed by atoms with Gasteiger partial charge in [-0.1, -0.05) is 0 Å². The Bertz CT molecular complexity index is 406. The molecule has 4 nitrogen and oxygen atoms in total. The molecule has 0 bridgehead atoms. The van der Waals surface area contributed by atoms with E-state index in [-0.39, 0.29) is 11.3 Å². The van der Waals surface area contributed by atoms with E-state index in [1.54, 1.807) is 0 Å². The fourth-order valence-corrected chi connectivity index (χ4v) is 1.20. The number of rotatable bonds is 3. The molecule has 17 heavy (non-hydrogen) atoms.